The molecule has 1 fully saturated rings. The second-order valence-corrected chi connectivity index (χ2v) is 5.27. The predicted octanol–water partition coefficient (Wildman–Crippen LogP) is -2.69. The zero-order valence-corrected chi connectivity index (χ0v) is 8.06. The van der Waals surface area contributed by atoms with Crippen molar-refractivity contribution in [1.82, 2.24) is 5.32 Å². The van der Waals surface area contributed by atoms with E-state index in [9.17, 15) is 22.9 Å². The Bertz CT molecular complexity index is 300. The Kier molecular flexibility index (Phi) is 3.17. The van der Waals surface area contributed by atoms with E-state index in [1.54, 1.807) is 0 Å². The monoisotopic (exact) mass is 225 g/mol. The van der Waals surface area contributed by atoms with E-state index in [1.807, 2.05) is 0 Å². The second kappa shape index (κ2) is 3.82. The normalized spacial score (nSPS) is 29.0. The number of nitrogens with one attached hydrogen (secondary N) is 1. The molecular weight excluding hydrogens is 218 g/mol. The van der Waals surface area contributed by atoms with E-state index < -0.39 is 33.3 Å². The lowest BCUT2D eigenvalue weighted by Crippen LogP contribution is -2.46. The van der Waals surface area contributed by atoms with E-state index in [0.717, 1.165) is 11.8 Å². The maximum absolute atomic E-state index is 10.3. The first kappa shape index (κ1) is 10.8. The molecule has 0 aromatic rings. The van der Waals surface area contributed by atoms with Crippen LogP contribution in [0.2, 0.25) is 0 Å². The minimum atomic E-state index is -4.30. The number of hydrogen-bond donors (Lipinski definition) is 1. The van der Waals surface area contributed by atoms with Crippen LogP contribution < -0.4 is 10.4 Å². The summed E-state index contributed by atoms with van der Waals surface area (Å²) in [6, 6.07) is -0.864. The van der Waals surface area contributed by atoms with Gasteiger partial charge in [-0.15, -0.1) is 11.8 Å². The largest absolute Gasteiger partial charge is 0.748 e. The van der Waals surface area contributed by atoms with Gasteiger partial charge in [-0.05, 0) is 0 Å². The lowest BCUT2D eigenvalue weighted by molar-refractivity contribution is -0.307. The van der Waals surface area contributed by atoms with Crippen molar-refractivity contribution >= 4 is 27.8 Å². The van der Waals surface area contributed by atoms with Crippen molar-refractivity contribution < 1.29 is 22.9 Å². The van der Waals surface area contributed by atoms with Crippen molar-refractivity contribution in [2.24, 2.45) is 0 Å². The molecule has 0 bridgehead atoms. The van der Waals surface area contributed by atoms with E-state index in [2.05, 4.69) is 5.32 Å². The predicted molar refractivity (Wildman–Crippen MR) is 42.7 cm³/mol. The fraction of sp³-hybridized carbons (Fsp3) is 0.800. The Morgan fingerprint density at radius 3 is 2.62 bits per heavy atom. The van der Waals surface area contributed by atoms with Crippen LogP contribution in [-0.4, -0.2) is 41.9 Å². The van der Waals surface area contributed by atoms with Gasteiger partial charge in [0.25, 0.3) is 0 Å². The average molecular weight is 225 g/mol. The van der Waals surface area contributed by atoms with Crippen LogP contribution in [0.4, 0.5) is 0 Å². The highest BCUT2D eigenvalue weighted by atomic mass is 32.2. The molecular formula is C5H7NO5S2-2. The molecule has 0 amide bonds. The number of carbonyl (C=O) groups is 1. The smallest absolute Gasteiger partial charge is 0.0969 e. The lowest BCUT2D eigenvalue weighted by atomic mass is 10.3. The highest BCUT2D eigenvalue weighted by molar-refractivity contribution is 8.01. The van der Waals surface area contributed by atoms with Crippen LogP contribution in [0, 0.1) is 0 Å². The van der Waals surface area contributed by atoms with Gasteiger partial charge in [0.2, 0.25) is 0 Å². The van der Waals surface area contributed by atoms with Gasteiger partial charge in [0.05, 0.1) is 33.3 Å². The van der Waals surface area contributed by atoms with Crippen molar-refractivity contribution in [2.75, 3.05) is 11.5 Å². The number of thioether (sulfide) groups is 1. The fourth-order valence-corrected chi connectivity index (χ4v) is 3.22. The molecule has 0 spiro atoms. The number of carbonyl (C=O) groups excluding carboxylic acids is 1. The van der Waals surface area contributed by atoms with Crippen LogP contribution in [0.1, 0.15) is 0 Å². The highest BCUT2D eigenvalue weighted by Crippen LogP contribution is 2.19. The van der Waals surface area contributed by atoms with E-state index in [4.69, 9.17) is 0 Å². The van der Waals surface area contributed by atoms with Crippen molar-refractivity contribution in [2.45, 2.75) is 11.4 Å². The minimum Gasteiger partial charge on any atom is -0.748 e. The molecule has 1 unspecified atom stereocenters. The zero-order valence-electron chi connectivity index (χ0n) is 6.43. The molecule has 0 aliphatic carbocycles. The second-order valence-electron chi connectivity index (χ2n) is 2.58. The van der Waals surface area contributed by atoms with Crippen molar-refractivity contribution in [3.05, 3.63) is 0 Å². The molecule has 0 aromatic carbocycles. The SMILES string of the molecule is O=C([O-])[C@@H]1CSC(CS(=O)(=O)[O-])N1. The number of hydrogen-bond acceptors (Lipinski definition) is 7. The third-order valence-electron chi connectivity index (χ3n) is 1.49. The summed E-state index contributed by atoms with van der Waals surface area (Å²) in [6.45, 7) is 0. The van der Waals surface area contributed by atoms with Crippen molar-refractivity contribution in [3.8, 4) is 0 Å². The van der Waals surface area contributed by atoms with Gasteiger partial charge >= 0.3 is 0 Å². The molecule has 1 heterocycles. The molecule has 1 rings (SSSR count). The highest BCUT2D eigenvalue weighted by Gasteiger charge is 2.26. The molecule has 6 nitrogen and oxygen atoms in total. The summed E-state index contributed by atoms with van der Waals surface area (Å²) in [4.78, 5) is 10.3. The standard InChI is InChI=1S/C5H9NO5S2/c7-5(8)3-1-12-4(6-3)2-13(9,10)11/h3-4,6H,1-2H2,(H,7,8)(H,9,10,11)/p-2/t3-,4?/m0/s1. The summed E-state index contributed by atoms with van der Waals surface area (Å²) in [7, 11) is -4.30. The van der Waals surface area contributed by atoms with E-state index in [1.165, 1.54) is 0 Å². The quantitative estimate of drug-likeness (QED) is 0.521. The molecule has 13 heavy (non-hydrogen) atoms. The third kappa shape index (κ3) is 3.51. The summed E-state index contributed by atoms with van der Waals surface area (Å²) in [5.41, 5.74) is 0. The first-order chi connectivity index (χ1) is 5.88. The van der Waals surface area contributed by atoms with Gasteiger partial charge in [-0.2, -0.15) is 0 Å². The van der Waals surface area contributed by atoms with Crippen LogP contribution >= 0.6 is 11.8 Å². The van der Waals surface area contributed by atoms with E-state index in [-0.39, 0.29) is 5.75 Å². The minimum absolute atomic E-state index is 0.225. The summed E-state index contributed by atoms with van der Waals surface area (Å²) in [5, 5.41) is 12.1. The molecule has 2 atom stereocenters. The molecule has 0 saturated carbocycles. The lowest BCUT2D eigenvalue weighted by Gasteiger charge is -2.15. The number of carboxylic acids is 1. The van der Waals surface area contributed by atoms with Crippen LogP contribution in [-0.2, 0) is 14.9 Å². The van der Waals surface area contributed by atoms with Gasteiger partial charge in [-0.3, -0.25) is 5.32 Å². The fourth-order valence-electron chi connectivity index (χ4n) is 0.951. The molecule has 76 valence electrons. The van der Waals surface area contributed by atoms with Gasteiger partial charge in [-0.25, -0.2) is 8.42 Å². The summed E-state index contributed by atoms with van der Waals surface area (Å²) >= 11 is 1.09. The summed E-state index contributed by atoms with van der Waals surface area (Å²) in [5.74, 6) is -1.65. The van der Waals surface area contributed by atoms with E-state index >= 15 is 0 Å². The Balaban J connectivity index is 2.47. The van der Waals surface area contributed by atoms with Crippen LogP contribution in [0.25, 0.3) is 0 Å². The van der Waals surface area contributed by atoms with Gasteiger partial charge in [-0.1, -0.05) is 0 Å². The summed E-state index contributed by atoms with van der Waals surface area (Å²) in [6.07, 6.45) is 0. The van der Waals surface area contributed by atoms with Crippen LogP contribution in [0.3, 0.4) is 0 Å². The van der Waals surface area contributed by atoms with E-state index in [0.29, 0.717) is 0 Å². The van der Waals surface area contributed by atoms with Crippen molar-refractivity contribution in [1.29, 1.82) is 0 Å². The van der Waals surface area contributed by atoms with Gasteiger partial charge < -0.3 is 14.5 Å². The first-order valence-electron chi connectivity index (χ1n) is 3.40. The van der Waals surface area contributed by atoms with Crippen LogP contribution in [0.15, 0.2) is 0 Å². The van der Waals surface area contributed by atoms with Gasteiger partial charge in [0.15, 0.2) is 0 Å². The molecule has 0 aromatic heterocycles. The Labute approximate surface area is 79.5 Å². The Morgan fingerprint density at radius 2 is 2.23 bits per heavy atom. The number of aliphatic carboxylic acids is 1. The van der Waals surface area contributed by atoms with Gasteiger partial charge in [0, 0.05) is 5.75 Å². The van der Waals surface area contributed by atoms with Crippen LogP contribution in [0.5, 0.6) is 0 Å². The van der Waals surface area contributed by atoms with Crippen molar-refractivity contribution in [3.63, 3.8) is 0 Å². The topological polar surface area (TPSA) is 109 Å². The molecule has 1 N–H and O–H groups in total. The van der Waals surface area contributed by atoms with Gasteiger partial charge in [0.1, 0.15) is 0 Å². The Morgan fingerprint density at radius 1 is 1.62 bits per heavy atom. The molecule has 1 saturated heterocycles. The third-order valence-corrected chi connectivity index (χ3v) is 3.67. The maximum atomic E-state index is 10.3. The molecule has 1 aliphatic heterocycles. The number of rotatable bonds is 3. The summed E-state index contributed by atoms with van der Waals surface area (Å²) < 4.78 is 30.9. The molecule has 0 radical (unpaired) electrons. The zero-order chi connectivity index (χ0) is 10.1. The Hall–Kier alpha value is -0.310. The molecule has 1 aliphatic rings. The first-order valence-corrected chi connectivity index (χ1v) is 6.03. The number of carboxylic acid groups (broad SMARTS) is 1. The maximum Gasteiger partial charge on any atom is 0.0969 e. The average Bonchev–Trinajstić information content (AvgIpc) is 2.31. The molecule has 8 heteroatoms.